The van der Waals surface area contributed by atoms with Gasteiger partial charge in [-0.2, -0.15) is 9.50 Å². The van der Waals surface area contributed by atoms with E-state index in [0.29, 0.717) is 24.7 Å². The van der Waals surface area contributed by atoms with Crippen LogP contribution in [-0.2, 0) is 37.1 Å². The van der Waals surface area contributed by atoms with E-state index < -0.39 is 0 Å². The third-order valence-corrected chi connectivity index (χ3v) is 5.24. The largest absolute Gasteiger partial charge is 0.335 e. The minimum atomic E-state index is -0.0854. The van der Waals surface area contributed by atoms with E-state index in [0.717, 1.165) is 49.2 Å². The van der Waals surface area contributed by atoms with Crippen molar-refractivity contribution in [2.75, 3.05) is 6.54 Å². The standard InChI is InChI=1S/C17H19N7O2/c25-15(22-5-6-23-10-18-8-11(23)9-22)7-14-20-17-19-13-4-2-1-3-12(13)16(26)24(17)21-14/h8,10H,1-7,9H2,(H,19,20,21). The molecule has 3 aromatic rings. The monoisotopic (exact) mass is 353 g/mol. The van der Waals surface area contributed by atoms with Gasteiger partial charge in [-0.1, -0.05) is 0 Å². The first-order valence-electron chi connectivity index (χ1n) is 8.95. The van der Waals surface area contributed by atoms with Gasteiger partial charge in [-0.05, 0) is 25.7 Å². The lowest BCUT2D eigenvalue weighted by atomic mass is 9.97. The molecule has 0 bridgehead atoms. The lowest BCUT2D eigenvalue weighted by Gasteiger charge is -2.27. The summed E-state index contributed by atoms with van der Waals surface area (Å²) < 4.78 is 3.43. The Balaban J connectivity index is 1.40. The van der Waals surface area contributed by atoms with Gasteiger partial charge >= 0.3 is 0 Å². The number of imidazole rings is 1. The molecule has 5 rings (SSSR count). The molecule has 0 unspecified atom stereocenters. The van der Waals surface area contributed by atoms with E-state index in [9.17, 15) is 9.59 Å². The average Bonchev–Trinajstić information content (AvgIpc) is 3.27. The summed E-state index contributed by atoms with van der Waals surface area (Å²) in [6.07, 6.45) is 7.35. The number of carbonyl (C=O) groups excluding carboxylic acids is 1. The van der Waals surface area contributed by atoms with Crippen molar-refractivity contribution in [2.24, 2.45) is 0 Å². The SMILES string of the molecule is O=C(Cc1nc2nc3c(c(=O)n2[nH]1)CCCC3)N1CCn2cncc2C1. The molecule has 9 heteroatoms. The quantitative estimate of drug-likeness (QED) is 0.703. The second-order valence-corrected chi connectivity index (χ2v) is 6.93. The molecule has 0 aromatic carbocycles. The zero-order chi connectivity index (χ0) is 17.7. The molecule has 1 amide bonds. The Morgan fingerprint density at radius 3 is 3.00 bits per heavy atom. The van der Waals surface area contributed by atoms with Crippen LogP contribution in [0.3, 0.4) is 0 Å². The second-order valence-electron chi connectivity index (χ2n) is 6.93. The zero-order valence-electron chi connectivity index (χ0n) is 14.3. The van der Waals surface area contributed by atoms with Crippen molar-refractivity contribution in [2.45, 2.75) is 45.2 Å². The molecule has 9 nitrogen and oxygen atoms in total. The Bertz CT molecular complexity index is 1060. The summed E-state index contributed by atoms with van der Waals surface area (Å²) in [5.74, 6) is 0.811. The molecule has 1 N–H and O–H groups in total. The number of aromatic amines is 1. The van der Waals surface area contributed by atoms with Crippen molar-refractivity contribution in [3.8, 4) is 0 Å². The van der Waals surface area contributed by atoms with Crippen molar-refractivity contribution < 1.29 is 4.79 Å². The van der Waals surface area contributed by atoms with Crippen molar-refractivity contribution in [3.05, 3.63) is 45.7 Å². The molecule has 0 radical (unpaired) electrons. The number of amides is 1. The number of aromatic nitrogens is 6. The molecule has 2 aliphatic rings. The molecule has 0 spiro atoms. The van der Waals surface area contributed by atoms with Crippen molar-refractivity contribution in [3.63, 3.8) is 0 Å². The summed E-state index contributed by atoms with van der Waals surface area (Å²) in [5, 5.41) is 2.96. The first-order valence-corrected chi connectivity index (χ1v) is 8.95. The van der Waals surface area contributed by atoms with Gasteiger partial charge in [0.1, 0.15) is 5.82 Å². The Morgan fingerprint density at radius 2 is 2.08 bits per heavy atom. The van der Waals surface area contributed by atoms with Crippen LogP contribution in [0, 0.1) is 0 Å². The van der Waals surface area contributed by atoms with Crippen LogP contribution in [-0.4, -0.2) is 46.5 Å². The van der Waals surface area contributed by atoms with Gasteiger partial charge in [0.2, 0.25) is 5.91 Å². The average molecular weight is 353 g/mol. The highest BCUT2D eigenvalue weighted by Crippen LogP contribution is 2.17. The molecule has 1 aliphatic carbocycles. The molecule has 1 aliphatic heterocycles. The summed E-state index contributed by atoms with van der Waals surface area (Å²) >= 11 is 0. The highest BCUT2D eigenvalue weighted by Gasteiger charge is 2.23. The van der Waals surface area contributed by atoms with Crippen LogP contribution in [0.5, 0.6) is 0 Å². The zero-order valence-corrected chi connectivity index (χ0v) is 14.3. The summed E-state index contributed by atoms with van der Waals surface area (Å²) in [4.78, 5) is 40.1. The first-order chi connectivity index (χ1) is 12.7. The molecule has 0 atom stereocenters. The molecule has 0 saturated heterocycles. The fraction of sp³-hybridized carbons (Fsp3) is 0.471. The van der Waals surface area contributed by atoms with E-state index in [-0.39, 0.29) is 17.9 Å². The van der Waals surface area contributed by atoms with E-state index in [4.69, 9.17) is 0 Å². The number of H-pyrrole nitrogens is 1. The number of aryl methyl sites for hydroxylation is 1. The number of nitrogens with zero attached hydrogens (tertiary/aromatic N) is 6. The van der Waals surface area contributed by atoms with Gasteiger partial charge in [0.05, 0.1) is 30.7 Å². The molecule has 0 saturated carbocycles. The summed E-state index contributed by atoms with van der Waals surface area (Å²) in [5.41, 5.74) is 2.58. The van der Waals surface area contributed by atoms with E-state index in [1.54, 1.807) is 17.4 Å². The van der Waals surface area contributed by atoms with Crippen molar-refractivity contribution in [1.29, 1.82) is 0 Å². The maximum Gasteiger partial charge on any atom is 0.277 e. The minimum Gasteiger partial charge on any atom is -0.335 e. The summed E-state index contributed by atoms with van der Waals surface area (Å²) in [7, 11) is 0. The third-order valence-electron chi connectivity index (χ3n) is 5.24. The van der Waals surface area contributed by atoms with Crippen LogP contribution in [0.1, 0.15) is 35.6 Å². The van der Waals surface area contributed by atoms with Gasteiger partial charge in [-0.25, -0.2) is 9.97 Å². The summed E-state index contributed by atoms with van der Waals surface area (Å²) in [6, 6.07) is 0. The lowest BCUT2D eigenvalue weighted by Crippen LogP contribution is -2.38. The maximum absolute atomic E-state index is 12.6. The van der Waals surface area contributed by atoms with Gasteiger partial charge in [0.25, 0.3) is 11.3 Å². The molecule has 0 fully saturated rings. The predicted octanol–water partition coefficient (Wildman–Crippen LogP) is 0.0778. The Morgan fingerprint density at radius 1 is 1.19 bits per heavy atom. The molecular weight excluding hydrogens is 334 g/mol. The Kier molecular flexibility index (Phi) is 3.41. The van der Waals surface area contributed by atoms with Crippen LogP contribution in [0.4, 0.5) is 0 Å². The fourth-order valence-electron chi connectivity index (χ4n) is 3.82. The Hall–Kier alpha value is -2.97. The van der Waals surface area contributed by atoms with Crippen LogP contribution in [0.2, 0.25) is 0 Å². The molecule has 3 aromatic heterocycles. The van der Waals surface area contributed by atoms with Gasteiger partial charge < -0.3 is 9.47 Å². The number of rotatable bonds is 2. The molecule has 26 heavy (non-hydrogen) atoms. The normalized spacial score (nSPS) is 16.5. The topological polar surface area (TPSA) is 101 Å². The molecular formula is C17H19N7O2. The number of hydrogen-bond donors (Lipinski definition) is 1. The fourth-order valence-corrected chi connectivity index (χ4v) is 3.82. The lowest BCUT2D eigenvalue weighted by molar-refractivity contribution is -0.132. The third kappa shape index (κ3) is 2.42. The Labute approximate surface area is 148 Å². The van der Waals surface area contributed by atoms with Crippen LogP contribution in [0.25, 0.3) is 5.78 Å². The summed E-state index contributed by atoms with van der Waals surface area (Å²) in [6.45, 7) is 1.94. The number of hydrogen-bond acceptors (Lipinski definition) is 5. The van der Waals surface area contributed by atoms with Crippen molar-refractivity contribution in [1.82, 2.24) is 34.0 Å². The predicted molar refractivity (Wildman–Crippen MR) is 91.6 cm³/mol. The van der Waals surface area contributed by atoms with Crippen LogP contribution in [0.15, 0.2) is 17.3 Å². The van der Waals surface area contributed by atoms with E-state index in [1.165, 1.54) is 4.52 Å². The van der Waals surface area contributed by atoms with E-state index in [1.807, 2.05) is 0 Å². The van der Waals surface area contributed by atoms with Crippen molar-refractivity contribution >= 4 is 11.7 Å². The van der Waals surface area contributed by atoms with E-state index >= 15 is 0 Å². The van der Waals surface area contributed by atoms with Gasteiger partial charge in [-0.15, -0.1) is 0 Å². The second kappa shape index (κ2) is 5.79. The first kappa shape index (κ1) is 15.3. The van der Waals surface area contributed by atoms with E-state index in [2.05, 4.69) is 24.6 Å². The van der Waals surface area contributed by atoms with Gasteiger partial charge in [-0.3, -0.25) is 14.7 Å². The van der Waals surface area contributed by atoms with Crippen LogP contribution < -0.4 is 5.56 Å². The number of nitrogens with one attached hydrogen (secondary N) is 1. The van der Waals surface area contributed by atoms with Gasteiger partial charge in [0, 0.05) is 24.8 Å². The van der Waals surface area contributed by atoms with Gasteiger partial charge in [0.15, 0.2) is 0 Å². The van der Waals surface area contributed by atoms with Crippen LogP contribution >= 0.6 is 0 Å². The highest BCUT2D eigenvalue weighted by atomic mass is 16.2. The molecule has 134 valence electrons. The number of fused-ring (bicyclic) bond motifs is 3. The number of carbonyl (C=O) groups is 1. The smallest absolute Gasteiger partial charge is 0.277 e. The highest BCUT2D eigenvalue weighted by molar-refractivity contribution is 5.78. The minimum absolute atomic E-state index is 0.0191. The maximum atomic E-state index is 12.6. The molecule has 4 heterocycles.